The third-order valence-corrected chi connectivity index (χ3v) is 2.24. The summed E-state index contributed by atoms with van der Waals surface area (Å²) < 4.78 is 5.42. The van der Waals surface area contributed by atoms with Crippen LogP contribution >= 0.6 is 23.2 Å². The predicted molar refractivity (Wildman–Crippen MR) is 60.4 cm³/mol. The first-order chi connectivity index (χ1) is 6.99. The normalized spacial score (nSPS) is 12.2. The van der Waals surface area contributed by atoms with Crippen molar-refractivity contribution >= 4 is 29.1 Å². The van der Waals surface area contributed by atoms with E-state index in [2.05, 4.69) is 0 Å². The molecule has 1 amide bonds. The quantitative estimate of drug-likeness (QED) is 0.890. The molecule has 0 aromatic heterocycles. The Bertz CT molecular complexity index is 368. The summed E-state index contributed by atoms with van der Waals surface area (Å²) >= 11 is 11.6. The van der Waals surface area contributed by atoms with Crippen molar-refractivity contribution in [1.29, 1.82) is 0 Å². The SMILES string of the molecule is CC(CC(N)=O)Oc1ccc(Cl)cc1Cl. The lowest BCUT2D eigenvalue weighted by Gasteiger charge is -2.14. The molecule has 0 aliphatic rings. The van der Waals surface area contributed by atoms with Gasteiger partial charge in [0.2, 0.25) is 5.91 Å². The fourth-order valence-electron chi connectivity index (χ4n) is 1.11. The number of rotatable bonds is 4. The van der Waals surface area contributed by atoms with Crippen molar-refractivity contribution < 1.29 is 9.53 Å². The second-order valence-electron chi connectivity index (χ2n) is 3.17. The zero-order valence-corrected chi connectivity index (χ0v) is 9.68. The first-order valence-corrected chi connectivity index (χ1v) is 5.14. The van der Waals surface area contributed by atoms with Crippen molar-refractivity contribution in [2.45, 2.75) is 19.4 Å². The molecule has 0 spiro atoms. The molecule has 82 valence electrons. The number of carbonyl (C=O) groups excluding carboxylic acids is 1. The lowest BCUT2D eigenvalue weighted by Crippen LogP contribution is -2.22. The summed E-state index contributed by atoms with van der Waals surface area (Å²) in [6.45, 7) is 1.75. The van der Waals surface area contributed by atoms with Crippen molar-refractivity contribution in [2.24, 2.45) is 5.73 Å². The number of hydrogen-bond acceptors (Lipinski definition) is 2. The van der Waals surface area contributed by atoms with Gasteiger partial charge in [0.05, 0.1) is 11.4 Å². The second-order valence-corrected chi connectivity index (χ2v) is 4.02. The average molecular weight is 248 g/mol. The molecule has 1 atom stereocenters. The number of carbonyl (C=O) groups is 1. The number of hydrogen-bond donors (Lipinski definition) is 1. The van der Waals surface area contributed by atoms with E-state index in [0.29, 0.717) is 15.8 Å². The van der Waals surface area contributed by atoms with Gasteiger partial charge >= 0.3 is 0 Å². The van der Waals surface area contributed by atoms with Gasteiger partial charge in [-0.1, -0.05) is 23.2 Å². The molecule has 0 fully saturated rings. The highest BCUT2D eigenvalue weighted by Gasteiger charge is 2.10. The highest BCUT2D eigenvalue weighted by atomic mass is 35.5. The molecule has 2 N–H and O–H groups in total. The van der Waals surface area contributed by atoms with Crippen LogP contribution in [0.3, 0.4) is 0 Å². The van der Waals surface area contributed by atoms with Crippen molar-refractivity contribution in [1.82, 2.24) is 0 Å². The summed E-state index contributed by atoms with van der Waals surface area (Å²) in [5.41, 5.74) is 5.04. The van der Waals surface area contributed by atoms with Crippen molar-refractivity contribution in [3.05, 3.63) is 28.2 Å². The third-order valence-electron chi connectivity index (χ3n) is 1.71. The van der Waals surface area contributed by atoms with Crippen LogP contribution in [0.4, 0.5) is 0 Å². The fourth-order valence-corrected chi connectivity index (χ4v) is 1.57. The zero-order valence-electron chi connectivity index (χ0n) is 8.17. The lowest BCUT2D eigenvalue weighted by molar-refractivity contribution is -0.119. The van der Waals surface area contributed by atoms with E-state index in [-0.39, 0.29) is 12.5 Å². The standard InChI is InChI=1S/C10H11Cl2NO2/c1-6(4-10(13)14)15-9-3-2-7(11)5-8(9)12/h2-3,5-6H,4H2,1H3,(H2,13,14). The minimum atomic E-state index is -0.410. The van der Waals surface area contributed by atoms with Crippen molar-refractivity contribution in [2.75, 3.05) is 0 Å². The maximum absolute atomic E-state index is 10.6. The highest BCUT2D eigenvalue weighted by molar-refractivity contribution is 6.35. The van der Waals surface area contributed by atoms with Gasteiger partial charge in [0.1, 0.15) is 11.9 Å². The molecule has 3 nitrogen and oxygen atoms in total. The molecule has 0 aliphatic carbocycles. The number of nitrogens with two attached hydrogens (primary N) is 1. The molecule has 1 aromatic rings. The molecular formula is C10H11Cl2NO2. The zero-order chi connectivity index (χ0) is 11.4. The number of benzene rings is 1. The number of ether oxygens (including phenoxy) is 1. The van der Waals surface area contributed by atoms with E-state index in [0.717, 1.165) is 0 Å². The van der Waals surface area contributed by atoms with Gasteiger partial charge in [-0.15, -0.1) is 0 Å². The van der Waals surface area contributed by atoms with E-state index < -0.39 is 5.91 Å². The molecule has 0 aliphatic heterocycles. The molecule has 0 radical (unpaired) electrons. The van der Waals surface area contributed by atoms with Crippen molar-refractivity contribution in [3.8, 4) is 5.75 Å². The summed E-state index contributed by atoms with van der Waals surface area (Å²) in [6.07, 6.45) is -0.153. The molecule has 0 saturated carbocycles. The molecule has 0 heterocycles. The van der Waals surface area contributed by atoms with E-state index in [4.69, 9.17) is 33.7 Å². The van der Waals surface area contributed by atoms with Gasteiger partial charge in [-0.05, 0) is 25.1 Å². The van der Waals surface area contributed by atoms with Crippen LogP contribution in [0.1, 0.15) is 13.3 Å². The Hall–Kier alpha value is -0.930. The van der Waals surface area contributed by atoms with Gasteiger partial charge < -0.3 is 10.5 Å². The maximum Gasteiger partial charge on any atom is 0.221 e. The van der Waals surface area contributed by atoms with Crippen LogP contribution in [-0.2, 0) is 4.79 Å². The Morgan fingerprint density at radius 2 is 2.20 bits per heavy atom. The van der Waals surface area contributed by atoms with E-state index in [1.54, 1.807) is 25.1 Å². The van der Waals surface area contributed by atoms with Crippen LogP contribution in [0.2, 0.25) is 10.0 Å². The van der Waals surface area contributed by atoms with Crippen molar-refractivity contribution in [3.63, 3.8) is 0 Å². The second kappa shape index (κ2) is 5.24. The molecule has 1 aromatic carbocycles. The summed E-state index contributed by atoms with van der Waals surface area (Å²) in [6, 6.07) is 4.90. The van der Waals surface area contributed by atoms with E-state index in [1.165, 1.54) is 0 Å². The molecule has 15 heavy (non-hydrogen) atoms. The average Bonchev–Trinajstić information content (AvgIpc) is 2.08. The van der Waals surface area contributed by atoms with Crippen LogP contribution in [0.25, 0.3) is 0 Å². The molecule has 1 rings (SSSR count). The lowest BCUT2D eigenvalue weighted by atomic mass is 10.2. The number of amides is 1. The van der Waals surface area contributed by atoms with Gasteiger partial charge in [-0.25, -0.2) is 0 Å². The molecule has 5 heteroatoms. The first kappa shape index (κ1) is 12.1. The smallest absolute Gasteiger partial charge is 0.221 e. The summed E-state index contributed by atoms with van der Waals surface area (Å²) in [7, 11) is 0. The van der Waals surface area contributed by atoms with Gasteiger partial charge in [0.25, 0.3) is 0 Å². The third kappa shape index (κ3) is 3.98. The molecule has 0 bridgehead atoms. The Morgan fingerprint density at radius 3 is 2.73 bits per heavy atom. The van der Waals surface area contributed by atoms with E-state index in [9.17, 15) is 4.79 Å². The van der Waals surface area contributed by atoms with Gasteiger partial charge in [0, 0.05) is 5.02 Å². The van der Waals surface area contributed by atoms with Gasteiger partial charge in [-0.2, -0.15) is 0 Å². The molecule has 1 unspecified atom stereocenters. The highest BCUT2D eigenvalue weighted by Crippen LogP contribution is 2.28. The molecular weight excluding hydrogens is 237 g/mol. The maximum atomic E-state index is 10.6. The van der Waals surface area contributed by atoms with Gasteiger partial charge in [-0.3, -0.25) is 4.79 Å². The summed E-state index contributed by atoms with van der Waals surface area (Å²) in [5.74, 6) is 0.0856. The molecule has 0 saturated heterocycles. The van der Waals surface area contributed by atoms with Crippen LogP contribution in [0.15, 0.2) is 18.2 Å². The van der Waals surface area contributed by atoms with Crippen LogP contribution in [0, 0.1) is 0 Å². The van der Waals surface area contributed by atoms with Crippen LogP contribution in [-0.4, -0.2) is 12.0 Å². The largest absolute Gasteiger partial charge is 0.489 e. The summed E-state index contributed by atoms with van der Waals surface area (Å²) in [4.78, 5) is 10.6. The minimum absolute atomic E-state index is 0.152. The Morgan fingerprint density at radius 1 is 1.53 bits per heavy atom. The first-order valence-electron chi connectivity index (χ1n) is 4.39. The predicted octanol–water partition coefficient (Wildman–Crippen LogP) is 2.64. The topological polar surface area (TPSA) is 52.3 Å². The van der Waals surface area contributed by atoms with E-state index >= 15 is 0 Å². The van der Waals surface area contributed by atoms with E-state index in [1.807, 2.05) is 0 Å². The number of primary amides is 1. The monoisotopic (exact) mass is 247 g/mol. The van der Waals surface area contributed by atoms with Crippen LogP contribution < -0.4 is 10.5 Å². The van der Waals surface area contributed by atoms with Gasteiger partial charge in [0.15, 0.2) is 0 Å². The number of halogens is 2. The summed E-state index contributed by atoms with van der Waals surface area (Å²) in [5, 5.41) is 0.953. The Balaban J connectivity index is 2.68. The Kier molecular flexibility index (Phi) is 4.24. The Labute approximate surface area is 98.1 Å². The fraction of sp³-hybridized carbons (Fsp3) is 0.300. The van der Waals surface area contributed by atoms with Crippen LogP contribution in [0.5, 0.6) is 5.75 Å². The minimum Gasteiger partial charge on any atom is -0.489 e.